The average Bonchev–Trinajstić information content (AvgIpc) is 2.88. The minimum atomic E-state index is -1.07. The number of rotatable bonds is 4. The number of carbonyl (C=O) groups is 2. The predicted octanol–water partition coefficient (Wildman–Crippen LogP) is 2.22. The van der Waals surface area contributed by atoms with E-state index in [1.807, 2.05) is 30.3 Å². The molecule has 1 saturated heterocycles. The van der Waals surface area contributed by atoms with Gasteiger partial charge >= 0.3 is 12.0 Å². The Morgan fingerprint density at radius 1 is 1.33 bits per heavy atom. The van der Waals surface area contributed by atoms with Crippen LogP contribution in [0.5, 0.6) is 0 Å². The molecular weight excluding hydrogens is 268 g/mol. The molecule has 1 fully saturated rings. The Morgan fingerprint density at radius 2 is 2.00 bits per heavy atom. The molecule has 2 amide bonds. The maximum absolute atomic E-state index is 12.5. The smallest absolute Gasteiger partial charge is 0.329 e. The van der Waals surface area contributed by atoms with E-state index in [-0.39, 0.29) is 6.03 Å². The van der Waals surface area contributed by atoms with Gasteiger partial charge in [0.2, 0.25) is 0 Å². The van der Waals surface area contributed by atoms with Crippen molar-refractivity contribution in [1.29, 1.82) is 0 Å². The van der Waals surface area contributed by atoms with Crippen molar-refractivity contribution in [2.45, 2.75) is 31.7 Å². The van der Waals surface area contributed by atoms with Crippen molar-refractivity contribution < 1.29 is 14.7 Å². The van der Waals surface area contributed by atoms with Crippen LogP contribution in [0, 0.1) is 0 Å². The van der Waals surface area contributed by atoms with Gasteiger partial charge in [-0.2, -0.15) is 0 Å². The van der Waals surface area contributed by atoms with E-state index in [0.29, 0.717) is 19.5 Å². The summed E-state index contributed by atoms with van der Waals surface area (Å²) in [4.78, 5) is 27.0. The number of likely N-dealkylation sites (N-methyl/N-ethyl adjacent to an activating group) is 1. The van der Waals surface area contributed by atoms with Gasteiger partial charge in [0.05, 0.1) is 0 Å². The number of likely N-dealkylation sites (tertiary alicyclic amines) is 1. The number of amides is 2. The molecule has 1 aliphatic heterocycles. The van der Waals surface area contributed by atoms with E-state index in [4.69, 9.17) is 0 Å². The molecule has 5 nitrogen and oxygen atoms in total. The Labute approximate surface area is 125 Å². The second-order valence-corrected chi connectivity index (χ2v) is 5.77. The molecule has 0 bridgehead atoms. The number of urea groups is 1. The number of aliphatic carboxylic acids is 1. The zero-order chi connectivity index (χ0) is 15.5. The molecule has 1 aliphatic rings. The summed E-state index contributed by atoms with van der Waals surface area (Å²) >= 11 is 0. The maximum atomic E-state index is 12.5. The lowest BCUT2D eigenvalue weighted by Crippen LogP contribution is -2.54. The second kappa shape index (κ2) is 6.16. The van der Waals surface area contributed by atoms with Crippen LogP contribution in [0.4, 0.5) is 4.79 Å². The maximum Gasteiger partial charge on any atom is 0.329 e. The van der Waals surface area contributed by atoms with Crippen molar-refractivity contribution >= 4 is 12.0 Å². The lowest BCUT2D eigenvalue weighted by molar-refractivity contribution is -0.147. The summed E-state index contributed by atoms with van der Waals surface area (Å²) in [6.45, 7) is 2.72. The van der Waals surface area contributed by atoms with E-state index in [1.54, 1.807) is 18.9 Å². The van der Waals surface area contributed by atoms with Crippen molar-refractivity contribution in [3.8, 4) is 0 Å². The highest BCUT2D eigenvalue weighted by Gasteiger charge is 2.46. The summed E-state index contributed by atoms with van der Waals surface area (Å²) in [6.07, 6.45) is 2.02. The predicted molar refractivity (Wildman–Crippen MR) is 80.2 cm³/mol. The SMILES string of the molecule is CN(CCc1ccccc1)C(=O)N1CCCC1(C)C(=O)O. The van der Waals surface area contributed by atoms with Crippen LogP contribution in [-0.4, -0.2) is 52.6 Å². The molecule has 0 radical (unpaired) electrons. The number of hydrogen-bond acceptors (Lipinski definition) is 2. The molecular formula is C16H22N2O3. The van der Waals surface area contributed by atoms with Crippen LogP contribution in [0.25, 0.3) is 0 Å². The Hall–Kier alpha value is -2.04. The molecule has 1 atom stereocenters. The van der Waals surface area contributed by atoms with Crippen LogP contribution in [0.3, 0.4) is 0 Å². The van der Waals surface area contributed by atoms with Gasteiger partial charge in [-0.25, -0.2) is 9.59 Å². The van der Waals surface area contributed by atoms with Crippen LogP contribution in [0.15, 0.2) is 30.3 Å². The van der Waals surface area contributed by atoms with Gasteiger partial charge in [-0.3, -0.25) is 0 Å². The van der Waals surface area contributed by atoms with Gasteiger partial charge in [0.15, 0.2) is 0 Å². The number of nitrogens with zero attached hydrogens (tertiary/aromatic N) is 2. The quantitative estimate of drug-likeness (QED) is 0.925. The largest absolute Gasteiger partial charge is 0.480 e. The molecule has 21 heavy (non-hydrogen) atoms. The first-order chi connectivity index (χ1) is 9.95. The Morgan fingerprint density at radius 3 is 2.62 bits per heavy atom. The zero-order valence-electron chi connectivity index (χ0n) is 12.6. The first-order valence-electron chi connectivity index (χ1n) is 7.25. The van der Waals surface area contributed by atoms with Crippen molar-refractivity contribution in [1.82, 2.24) is 9.80 Å². The van der Waals surface area contributed by atoms with Gasteiger partial charge in [0.1, 0.15) is 5.54 Å². The molecule has 1 N–H and O–H groups in total. The molecule has 1 unspecified atom stereocenters. The zero-order valence-corrected chi connectivity index (χ0v) is 12.6. The lowest BCUT2D eigenvalue weighted by atomic mass is 10.00. The van der Waals surface area contributed by atoms with Crippen molar-refractivity contribution in [3.63, 3.8) is 0 Å². The Balaban J connectivity index is 1.97. The summed E-state index contributed by atoms with van der Waals surface area (Å²) in [5, 5.41) is 9.37. The standard InChI is InChI=1S/C16H22N2O3/c1-16(14(19)20)10-6-11-18(16)15(21)17(2)12-9-13-7-4-3-5-8-13/h3-5,7-8H,6,9-12H2,1-2H3,(H,19,20). The van der Waals surface area contributed by atoms with Crippen LogP contribution in [0.1, 0.15) is 25.3 Å². The monoisotopic (exact) mass is 290 g/mol. The van der Waals surface area contributed by atoms with E-state index in [2.05, 4.69) is 0 Å². The van der Waals surface area contributed by atoms with Crippen molar-refractivity contribution in [3.05, 3.63) is 35.9 Å². The van der Waals surface area contributed by atoms with Crippen LogP contribution >= 0.6 is 0 Å². The van der Waals surface area contributed by atoms with Crippen molar-refractivity contribution in [2.24, 2.45) is 0 Å². The highest BCUT2D eigenvalue weighted by atomic mass is 16.4. The topological polar surface area (TPSA) is 60.9 Å². The van der Waals surface area contributed by atoms with E-state index in [1.165, 1.54) is 10.5 Å². The minimum Gasteiger partial charge on any atom is -0.480 e. The third-order valence-electron chi connectivity index (χ3n) is 4.24. The van der Waals surface area contributed by atoms with E-state index in [0.717, 1.165) is 12.8 Å². The average molecular weight is 290 g/mol. The first kappa shape index (κ1) is 15.4. The molecule has 1 heterocycles. The van der Waals surface area contributed by atoms with Crippen LogP contribution < -0.4 is 0 Å². The van der Waals surface area contributed by atoms with Crippen molar-refractivity contribution in [2.75, 3.05) is 20.1 Å². The van der Waals surface area contributed by atoms with E-state index >= 15 is 0 Å². The fourth-order valence-electron chi connectivity index (χ4n) is 2.74. The normalized spacial score (nSPS) is 21.3. The molecule has 0 aliphatic carbocycles. The number of benzene rings is 1. The number of carboxylic acids is 1. The summed E-state index contributed by atoms with van der Waals surface area (Å²) in [5.74, 6) is -0.926. The molecule has 0 aromatic heterocycles. The van der Waals surface area contributed by atoms with Gasteiger partial charge < -0.3 is 14.9 Å². The summed E-state index contributed by atoms with van der Waals surface area (Å²) < 4.78 is 0. The van der Waals surface area contributed by atoms with Gasteiger partial charge in [-0.15, -0.1) is 0 Å². The van der Waals surface area contributed by atoms with Crippen LogP contribution in [-0.2, 0) is 11.2 Å². The second-order valence-electron chi connectivity index (χ2n) is 5.77. The van der Waals surface area contributed by atoms with Gasteiger partial charge in [0, 0.05) is 20.1 Å². The number of hydrogen-bond donors (Lipinski definition) is 1. The molecule has 0 spiro atoms. The highest BCUT2D eigenvalue weighted by molar-refractivity contribution is 5.86. The van der Waals surface area contributed by atoms with E-state index < -0.39 is 11.5 Å². The van der Waals surface area contributed by atoms with Gasteiger partial charge in [0.25, 0.3) is 0 Å². The highest BCUT2D eigenvalue weighted by Crippen LogP contribution is 2.30. The minimum absolute atomic E-state index is 0.201. The Kier molecular flexibility index (Phi) is 4.50. The van der Waals surface area contributed by atoms with E-state index in [9.17, 15) is 14.7 Å². The fourth-order valence-corrected chi connectivity index (χ4v) is 2.74. The molecule has 0 saturated carbocycles. The summed E-state index contributed by atoms with van der Waals surface area (Å²) in [7, 11) is 1.73. The molecule has 2 rings (SSSR count). The molecule has 114 valence electrons. The third-order valence-corrected chi connectivity index (χ3v) is 4.24. The van der Waals surface area contributed by atoms with Gasteiger partial charge in [-0.1, -0.05) is 30.3 Å². The summed E-state index contributed by atoms with van der Waals surface area (Å²) in [6, 6.07) is 9.75. The fraction of sp³-hybridized carbons (Fsp3) is 0.500. The first-order valence-corrected chi connectivity index (χ1v) is 7.25. The molecule has 1 aromatic rings. The lowest BCUT2D eigenvalue weighted by Gasteiger charge is -2.34. The third kappa shape index (κ3) is 3.17. The van der Waals surface area contributed by atoms with Crippen LogP contribution in [0.2, 0.25) is 0 Å². The number of carboxylic acid groups (broad SMARTS) is 1. The summed E-state index contributed by atoms with van der Waals surface area (Å²) in [5.41, 5.74) is 0.0949. The van der Waals surface area contributed by atoms with Gasteiger partial charge in [-0.05, 0) is 31.7 Å². The Bertz CT molecular complexity index is 518. The molecule has 1 aromatic carbocycles. The molecule has 5 heteroatoms. The number of carbonyl (C=O) groups excluding carboxylic acids is 1.